The molecular weight excluding hydrogens is 194 g/mol. The molecule has 5 nitrogen and oxygen atoms in total. The average molecular weight is 205 g/mol. The van der Waals surface area contributed by atoms with E-state index < -0.39 is 5.76 Å². The number of aryl methyl sites for hydroxylation is 1. The summed E-state index contributed by atoms with van der Waals surface area (Å²) in [5.74, 6) is -0.270. The van der Waals surface area contributed by atoms with Crippen LogP contribution in [0.1, 0.15) is 11.5 Å². The molecule has 0 amide bonds. The van der Waals surface area contributed by atoms with E-state index >= 15 is 0 Å². The topological polar surface area (TPSA) is 74.1 Å². The summed E-state index contributed by atoms with van der Waals surface area (Å²) in [7, 11) is 0. The first kappa shape index (κ1) is 9.67. The van der Waals surface area contributed by atoms with E-state index in [4.69, 9.17) is 10.2 Å². The molecule has 0 spiro atoms. The lowest BCUT2D eigenvalue weighted by Gasteiger charge is -2.01. The van der Waals surface area contributed by atoms with Crippen LogP contribution in [0.3, 0.4) is 0 Å². The van der Waals surface area contributed by atoms with Gasteiger partial charge in [0, 0.05) is 0 Å². The highest BCUT2D eigenvalue weighted by Gasteiger charge is 2.09. The Morgan fingerprint density at radius 3 is 2.80 bits per heavy atom. The van der Waals surface area contributed by atoms with Gasteiger partial charge in [0.2, 0.25) is 5.89 Å². The third kappa shape index (κ3) is 1.69. The summed E-state index contributed by atoms with van der Waals surface area (Å²) < 4.78 is 6.06. The van der Waals surface area contributed by atoms with Gasteiger partial charge in [0.05, 0.1) is 12.2 Å². The molecule has 0 unspecified atom stereocenters. The van der Waals surface area contributed by atoms with Gasteiger partial charge < -0.3 is 10.2 Å². The fraction of sp³-hybridized carbons (Fsp3) is 0.200. The van der Waals surface area contributed by atoms with Crippen LogP contribution in [0.15, 0.2) is 33.5 Å². The zero-order chi connectivity index (χ0) is 10.8. The van der Waals surface area contributed by atoms with Crippen molar-refractivity contribution in [2.45, 2.75) is 13.5 Å². The van der Waals surface area contributed by atoms with Gasteiger partial charge in [-0.3, -0.25) is 0 Å². The monoisotopic (exact) mass is 205 g/mol. The van der Waals surface area contributed by atoms with Gasteiger partial charge in [0.1, 0.15) is 0 Å². The number of nitrogens with two attached hydrogens (primary N) is 1. The number of rotatable bonds is 2. The highest BCUT2D eigenvalue weighted by molar-refractivity contribution is 5.38. The SMILES string of the molecule is Cc1ccccc1-n1nc(CN)oc1=O. The Morgan fingerprint density at radius 2 is 2.20 bits per heavy atom. The number of hydrogen-bond donors (Lipinski definition) is 1. The molecule has 2 aromatic rings. The van der Waals surface area contributed by atoms with E-state index in [9.17, 15) is 4.79 Å². The molecule has 15 heavy (non-hydrogen) atoms. The molecule has 0 atom stereocenters. The summed E-state index contributed by atoms with van der Waals surface area (Å²) in [6.07, 6.45) is 0. The van der Waals surface area contributed by atoms with Crippen LogP contribution in [0.25, 0.3) is 5.69 Å². The lowest BCUT2D eigenvalue weighted by atomic mass is 10.2. The average Bonchev–Trinajstić information content (AvgIpc) is 2.60. The fourth-order valence-corrected chi connectivity index (χ4v) is 1.35. The molecule has 0 aliphatic heterocycles. The van der Waals surface area contributed by atoms with Crippen LogP contribution in [0.2, 0.25) is 0 Å². The minimum absolute atomic E-state index is 0.119. The van der Waals surface area contributed by atoms with Crippen LogP contribution >= 0.6 is 0 Å². The van der Waals surface area contributed by atoms with Crippen LogP contribution in [-0.2, 0) is 6.54 Å². The normalized spacial score (nSPS) is 10.5. The van der Waals surface area contributed by atoms with Gasteiger partial charge >= 0.3 is 5.76 Å². The first-order valence-electron chi connectivity index (χ1n) is 4.57. The Balaban J connectivity index is 2.59. The zero-order valence-electron chi connectivity index (χ0n) is 8.30. The Hall–Kier alpha value is -1.88. The van der Waals surface area contributed by atoms with Crippen molar-refractivity contribution in [2.75, 3.05) is 0 Å². The van der Waals surface area contributed by atoms with Crippen molar-refractivity contribution in [3.63, 3.8) is 0 Å². The van der Waals surface area contributed by atoms with Crippen molar-refractivity contribution in [1.82, 2.24) is 9.78 Å². The number of para-hydroxylation sites is 1. The molecule has 1 aromatic heterocycles. The summed E-state index contributed by atoms with van der Waals surface area (Å²) in [6.45, 7) is 2.02. The number of aromatic nitrogens is 2. The minimum atomic E-state index is -0.509. The van der Waals surface area contributed by atoms with Gasteiger partial charge in [-0.2, -0.15) is 4.68 Å². The lowest BCUT2D eigenvalue weighted by molar-refractivity contribution is 0.460. The maximum absolute atomic E-state index is 11.4. The second kappa shape index (κ2) is 3.70. The van der Waals surface area contributed by atoms with Crippen molar-refractivity contribution >= 4 is 0 Å². The van der Waals surface area contributed by atoms with Gasteiger partial charge in [-0.15, -0.1) is 5.10 Å². The fourth-order valence-electron chi connectivity index (χ4n) is 1.35. The molecule has 0 aliphatic rings. The molecular formula is C10H11N3O2. The highest BCUT2D eigenvalue weighted by atomic mass is 16.4. The molecule has 0 saturated heterocycles. The largest absolute Gasteiger partial charge is 0.442 e. The molecule has 0 bridgehead atoms. The first-order chi connectivity index (χ1) is 7.22. The summed E-state index contributed by atoms with van der Waals surface area (Å²) in [4.78, 5) is 11.4. The smallest absolute Gasteiger partial charge is 0.391 e. The maximum Gasteiger partial charge on any atom is 0.442 e. The van der Waals surface area contributed by atoms with E-state index in [1.807, 2.05) is 25.1 Å². The van der Waals surface area contributed by atoms with Crippen molar-refractivity contribution in [3.8, 4) is 5.69 Å². The van der Waals surface area contributed by atoms with Gasteiger partial charge in [-0.05, 0) is 18.6 Å². The highest BCUT2D eigenvalue weighted by Crippen LogP contribution is 2.10. The number of benzene rings is 1. The molecule has 2 N–H and O–H groups in total. The van der Waals surface area contributed by atoms with Gasteiger partial charge in [-0.1, -0.05) is 18.2 Å². The molecule has 0 radical (unpaired) electrons. The molecule has 2 rings (SSSR count). The Kier molecular flexibility index (Phi) is 2.39. The van der Waals surface area contributed by atoms with Crippen molar-refractivity contribution in [1.29, 1.82) is 0 Å². The summed E-state index contributed by atoms with van der Waals surface area (Å²) >= 11 is 0. The molecule has 0 fully saturated rings. The minimum Gasteiger partial charge on any atom is -0.391 e. The molecule has 1 aromatic carbocycles. The van der Waals surface area contributed by atoms with E-state index in [-0.39, 0.29) is 12.4 Å². The van der Waals surface area contributed by atoms with Gasteiger partial charge in [0.25, 0.3) is 0 Å². The molecule has 0 aliphatic carbocycles. The van der Waals surface area contributed by atoms with Crippen LogP contribution in [0.5, 0.6) is 0 Å². The van der Waals surface area contributed by atoms with Crippen molar-refractivity contribution in [3.05, 3.63) is 46.3 Å². The first-order valence-corrected chi connectivity index (χ1v) is 4.57. The van der Waals surface area contributed by atoms with E-state index in [0.29, 0.717) is 5.69 Å². The molecule has 78 valence electrons. The second-order valence-electron chi connectivity index (χ2n) is 3.16. The predicted molar refractivity (Wildman–Crippen MR) is 54.7 cm³/mol. The second-order valence-corrected chi connectivity index (χ2v) is 3.16. The van der Waals surface area contributed by atoms with Crippen LogP contribution in [0, 0.1) is 6.92 Å². The number of hydrogen-bond acceptors (Lipinski definition) is 4. The van der Waals surface area contributed by atoms with Crippen molar-refractivity contribution in [2.24, 2.45) is 5.73 Å². The lowest BCUT2D eigenvalue weighted by Crippen LogP contribution is -2.14. The standard InChI is InChI=1S/C10H11N3O2/c1-7-4-2-3-5-8(7)13-10(14)15-9(6-11)12-13/h2-5H,6,11H2,1H3. The van der Waals surface area contributed by atoms with E-state index in [0.717, 1.165) is 5.56 Å². The van der Waals surface area contributed by atoms with Crippen molar-refractivity contribution < 1.29 is 4.42 Å². The Labute approximate surface area is 86.1 Å². The van der Waals surface area contributed by atoms with Gasteiger partial charge in [0.15, 0.2) is 0 Å². The predicted octanol–water partition coefficient (Wildman–Crippen LogP) is 0.593. The summed E-state index contributed by atoms with van der Waals surface area (Å²) in [5, 5.41) is 3.97. The van der Waals surface area contributed by atoms with E-state index in [2.05, 4.69) is 5.10 Å². The maximum atomic E-state index is 11.4. The molecule has 5 heteroatoms. The third-order valence-corrected chi connectivity index (χ3v) is 2.11. The Bertz CT molecular complexity index is 527. The summed E-state index contributed by atoms with van der Waals surface area (Å²) in [6, 6.07) is 7.44. The zero-order valence-corrected chi connectivity index (χ0v) is 8.30. The Morgan fingerprint density at radius 1 is 1.47 bits per heavy atom. The van der Waals surface area contributed by atoms with E-state index in [1.165, 1.54) is 4.68 Å². The quantitative estimate of drug-likeness (QED) is 0.778. The van der Waals surface area contributed by atoms with Crippen LogP contribution in [-0.4, -0.2) is 9.78 Å². The van der Waals surface area contributed by atoms with Crippen LogP contribution < -0.4 is 11.5 Å². The summed E-state index contributed by atoms with van der Waals surface area (Å²) in [5.41, 5.74) is 7.01. The number of nitrogens with zero attached hydrogens (tertiary/aromatic N) is 2. The molecule has 0 saturated carbocycles. The molecule has 1 heterocycles. The van der Waals surface area contributed by atoms with E-state index in [1.54, 1.807) is 6.07 Å². The van der Waals surface area contributed by atoms with Gasteiger partial charge in [-0.25, -0.2) is 4.79 Å². The van der Waals surface area contributed by atoms with Crippen LogP contribution in [0.4, 0.5) is 0 Å². The third-order valence-electron chi connectivity index (χ3n) is 2.11.